The molecule has 1 aromatic heterocycles. The lowest BCUT2D eigenvalue weighted by Gasteiger charge is -2.18. The molecule has 0 unspecified atom stereocenters. The van der Waals surface area contributed by atoms with E-state index in [1.54, 1.807) is 41.4 Å². The molecule has 0 atom stereocenters. The van der Waals surface area contributed by atoms with Gasteiger partial charge in [-0.25, -0.2) is 4.68 Å². The molecule has 1 aliphatic rings. The van der Waals surface area contributed by atoms with E-state index in [-0.39, 0.29) is 10.9 Å². The highest BCUT2D eigenvalue weighted by molar-refractivity contribution is 7.80. The molecule has 0 radical (unpaired) electrons. The van der Waals surface area contributed by atoms with Crippen LogP contribution in [0.5, 0.6) is 5.75 Å². The second kappa shape index (κ2) is 11.1. The Kier molecular flexibility index (Phi) is 7.73. The normalized spacial score (nSPS) is 12.7. The van der Waals surface area contributed by atoms with Crippen LogP contribution in [0, 0.1) is 0 Å². The highest BCUT2D eigenvalue weighted by Gasteiger charge is 2.31. The van der Waals surface area contributed by atoms with Crippen molar-refractivity contribution < 1.29 is 17.9 Å². The number of aryl methyl sites for hydroxylation is 1. The maximum absolute atomic E-state index is 12.5. The van der Waals surface area contributed by atoms with Gasteiger partial charge in [-0.3, -0.25) is 5.43 Å². The van der Waals surface area contributed by atoms with Crippen LogP contribution < -0.4 is 15.5 Å². The summed E-state index contributed by atoms with van der Waals surface area (Å²) in [7, 11) is 0. The number of ether oxygens (including phenoxy) is 1. The first-order valence-electron chi connectivity index (χ1n) is 11.4. The molecule has 0 saturated heterocycles. The number of halogens is 6. The van der Waals surface area contributed by atoms with Crippen LogP contribution in [0.4, 0.5) is 18.9 Å². The Morgan fingerprint density at radius 1 is 1.00 bits per heavy atom. The van der Waals surface area contributed by atoms with E-state index >= 15 is 0 Å². The van der Waals surface area contributed by atoms with Gasteiger partial charge in [-0.05, 0) is 84.2 Å². The first kappa shape index (κ1) is 27.3. The fraction of sp³-hybridized carbons (Fsp3) is 0.115. The van der Waals surface area contributed by atoms with Crippen molar-refractivity contribution in [2.24, 2.45) is 5.10 Å². The molecule has 200 valence electrons. The molecule has 0 fully saturated rings. The molecule has 0 saturated carbocycles. The van der Waals surface area contributed by atoms with Crippen molar-refractivity contribution in [1.29, 1.82) is 0 Å². The molecule has 0 spiro atoms. The van der Waals surface area contributed by atoms with E-state index in [0.29, 0.717) is 32.9 Å². The number of benzene rings is 3. The van der Waals surface area contributed by atoms with Gasteiger partial charge in [0.05, 0.1) is 39.5 Å². The summed E-state index contributed by atoms with van der Waals surface area (Å²) >= 11 is 23.5. The van der Waals surface area contributed by atoms with E-state index in [1.807, 2.05) is 18.2 Å². The largest absolute Gasteiger partial charge is 0.573 e. The van der Waals surface area contributed by atoms with Gasteiger partial charge in [-0.2, -0.15) is 10.2 Å². The van der Waals surface area contributed by atoms with Gasteiger partial charge in [0, 0.05) is 10.6 Å². The van der Waals surface area contributed by atoms with Crippen molar-refractivity contribution in [3.63, 3.8) is 0 Å². The van der Waals surface area contributed by atoms with E-state index in [0.717, 1.165) is 34.4 Å². The molecule has 0 amide bonds. The van der Waals surface area contributed by atoms with Crippen LogP contribution in [0.15, 0.2) is 65.9 Å². The van der Waals surface area contributed by atoms with Crippen molar-refractivity contribution in [3.05, 3.63) is 92.7 Å². The van der Waals surface area contributed by atoms with E-state index in [1.165, 1.54) is 12.1 Å². The van der Waals surface area contributed by atoms with Crippen LogP contribution in [0.2, 0.25) is 15.1 Å². The zero-order valence-corrected chi connectivity index (χ0v) is 22.8. The number of alkyl halides is 3. The number of rotatable bonds is 5. The Balaban J connectivity index is 1.27. The van der Waals surface area contributed by atoms with Gasteiger partial charge in [-0.15, -0.1) is 13.2 Å². The average molecular weight is 611 g/mol. The van der Waals surface area contributed by atoms with Gasteiger partial charge in [0.25, 0.3) is 0 Å². The van der Waals surface area contributed by atoms with Crippen molar-refractivity contribution in [3.8, 4) is 22.6 Å². The van der Waals surface area contributed by atoms with Crippen LogP contribution >= 0.6 is 47.0 Å². The first-order chi connectivity index (χ1) is 18.6. The maximum Gasteiger partial charge on any atom is 0.573 e. The molecule has 6 nitrogen and oxygen atoms in total. The molecule has 1 heterocycles. The van der Waals surface area contributed by atoms with Gasteiger partial charge in [0.1, 0.15) is 5.75 Å². The monoisotopic (exact) mass is 609 g/mol. The molecule has 1 aliphatic carbocycles. The Bertz CT molecular complexity index is 1570. The number of hydrogen-bond donors (Lipinski definition) is 2. The molecule has 39 heavy (non-hydrogen) atoms. The Hall–Kier alpha value is -3.31. The smallest absolute Gasteiger partial charge is 0.406 e. The molecular formula is C26H17Cl3F3N5OS. The molecular weight excluding hydrogens is 594 g/mol. The number of hydrazone groups is 1. The Morgan fingerprint density at radius 3 is 2.41 bits per heavy atom. The molecule has 13 heteroatoms. The predicted octanol–water partition coefficient (Wildman–Crippen LogP) is 7.82. The van der Waals surface area contributed by atoms with Crippen molar-refractivity contribution in [1.82, 2.24) is 15.2 Å². The number of nitrogens with one attached hydrogen (secondary N) is 2. The summed E-state index contributed by atoms with van der Waals surface area (Å²) in [6, 6.07) is 14.7. The lowest BCUT2D eigenvalue weighted by Crippen LogP contribution is -2.24. The molecule has 5 rings (SSSR count). The van der Waals surface area contributed by atoms with E-state index in [9.17, 15) is 13.2 Å². The standard InChI is InChI=1S/C26H17Cl3F3N5OS/c27-16-10-21(28)24(22(29)11-16)35-25(39)36-33-12-14-1-7-19-15(9-14)2-8-23-20(19)13-34-37(23)17-3-5-18(6-4-17)38-26(30,31)32/h1,3-7,9-13H,2,8H2,(H2,35,36,39). The minimum absolute atomic E-state index is 0.199. The average Bonchev–Trinajstić information content (AvgIpc) is 3.30. The molecule has 3 aromatic carbocycles. The Morgan fingerprint density at radius 2 is 1.72 bits per heavy atom. The van der Waals surface area contributed by atoms with Crippen LogP contribution in [-0.4, -0.2) is 27.5 Å². The zero-order chi connectivity index (χ0) is 27.7. The first-order valence-corrected chi connectivity index (χ1v) is 12.9. The SMILES string of the molecule is FC(F)(F)Oc1ccc(-n2ncc3c2CCc2cc(C=NNC(=S)Nc4c(Cl)cc(Cl)cc4Cl)ccc2-3)cc1. The molecule has 2 N–H and O–H groups in total. The maximum atomic E-state index is 12.5. The summed E-state index contributed by atoms with van der Waals surface area (Å²) in [5, 5.41) is 12.8. The van der Waals surface area contributed by atoms with E-state index in [2.05, 4.69) is 25.7 Å². The van der Waals surface area contributed by atoms with Gasteiger partial charge in [-0.1, -0.05) is 46.9 Å². The highest BCUT2D eigenvalue weighted by Crippen LogP contribution is 2.36. The van der Waals surface area contributed by atoms with Crippen molar-refractivity contribution in [2.45, 2.75) is 19.2 Å². The lowest BCUT2D eigenvalue weighted by atomic mass is 9.89. The highest BCUT2D eigenvalue weighted by atomic mass is 35.5. The van der Waals surface area contributed by atoms with Gasteiger partial charge in [0.2, 0.25) is 0 Å². The summed E-state index contributed by atoms with van der Waals surface area (Å²) in [5.74, 6) is -0.282. The van der Waals surface area contributed by atoms with Crippen LogP contribution in [0.3, 0.4) is 0 Å². The van der Waals surface area contributed by atoms with Crippen molar-refractivity contribution >= 4 is 64.0 Å². The van der Waals surface area contributed by atoms with E-state index < -0.39 is 6.36 Å². The fourth-order valence-electron chi connectivity index (χ4n) is 4.24. The van der Waals surface area contributed by atoms with E-state index in [4.69, 9.17) is 47.0 Å². The quantitative estimate of drug-likeness (QED) is 0.137. The number of thiocarbonyl (C=S) groups is 1. The number of anilines is 1. The van der Waals surface area contributed by atoms with Crippen LogP contribution in [-0.2, 0) is 12.8 Å². The van der Waals surface area contributed by atoms with Gasteiger partial charge >= 0.3 is 6.36 Å². The third-order valence-electron chi connectivity index (χ3n) is 5.86. The number of fused-ring (bicyclic) bond motifs is 3. The number of hydrogen-bond acceptors (Lipinski definition) is 4. The molecule has 0 aliphatic heterocycles. The third-order valence-corrected chi connectivity index (χ3v) is 6.87. The summed E-state index contributed by atoms with van der Waals surface area (Å²) in [6.45, 7) is 0. The van der Waals surface area contributed by atoms with Gasteiger partial charge < -0.3 is 10.1 Å². The summed E-state index contributed by atoms with van der Waals surface area (Å²) in [6.07, 6.45) is 0.131. The fourth-order valence-corrected chi connectivity index (χ4v) is 5.30. The number of nitrogens with zero attached hydrogens (tertiary/aromatic N) is 3. The summed E-state index contributed by atoms with van der Waals surface area (Å²) in [4.78, 5) is 0. The number of aromatic nitrogens is 2. The lowest BCUT2D eigenvalue weighted by molar-refractivity contribution is -0.274. The molecule has 4 aromatic rings. The summed E-state index contributed by atoms with van der Waals surface area (Å²) in [5.41, 5.74) is 8.78. The molecule has 0 bridgehead atoms. The topological polar surface area (TPSA) is 63.5 Å². The third kappa shape index (κ3) is 6.30. The minimum atomic E-state index is -4.74. The Labute approximate surface area is 241 Å². The van der Waals surface area contributed by atoms with Gasteiger partial charge in [0.15, 0.2) is 5.11 Å². The van der Waals surface area contributed by atoms with Crippen LogP contribution in [0.25, 0.3) is 16.8 Å². The second-order valence-electron chi connectivity index (χ2n) is 8.44. The summed E-state index contributed by atoms with van der Waals surface area (Å²) < 4.78 is 43.1. The minimum Gasteiger partial charge on any atom is -0.406 e. The zero-order valence-electron chi connectivity index (χ0n) is 19.7. The second-order valence-corrected chi connectivity index (χ2v) is 10.1. The van der Waals surface area contributed by atoms with Crippen LogP contribution in [0.1, 0.15) is 16.8 Å². The predicted molar refractivity (Wildman–Crippen MR) is 152 cm³/mol. The van der Waals surface area contributed by atoms with Crippen molar-refractivity contribution in [2.75, 3.05) is 5.32 Å².